The third kappa shape index (κ3) is 2.94. The number of fused-ring (bicyclic) bond motifs is 1. The largest absolute Gasteiger partial charge is 0.338 e. The Morgan fingerprint density at radius 2 is 2.33 bits per heavy atom. The van der Waals surface area contributed by atoms with E-state index in [1.165, 1.54) is 23.3 Å². The molecule has 0 aliphatic heterocycles. The van der Waals surface area contributed by atoms with Crippen LogP contribution in [0.5, 0.6) is 0 Å². The average Bonchev–Trinajstić information content (AvgIpc) is 2.82. The van der Waals surface area contributed by atoms with Crippen molar-refractivity contribution >= 4 is 17.2 Å². The maximum atomic E-state index is 12.1. The first-order chi connectivity index (χ1) is 8.74. The van der Waals surface area contributed by atoms with E-state index in [9.17, 15) is 4.79 Å². The van der Waals surface area contributed by atoms with E-state index < -0.39 is 0 Å². The van der Waals surface area contributed by atoms with Gasteiger partial charge in [0.1, 0.15) is 0 Å². The van der Waals surface area contributed by atoms with Gasteiger partial charge in [-0.15, -0.1) is 17.8 Å². The van der Waals surface area contributed by atoms with Crippen molar-refractivity contribution in [1.29, 1.82) is 0 Å². The van der Waals surface area contributed by atoms with Crippen LogP contribution >= 0.6 is 11.3 Å². The molecule has 0 bridgehead atoms. The van der Waals surface area contributed by atoms with E-state index in [1.54, 1.807) is 11.3 Å². The summed E-state index contributed by atoms with van der Waals surface area (Å²) in [7, 11) is 0. The third-order valence-corrected chi connectivity index (χ3v) is 4.54. The first-order valence-corrected chi connectivity index (χ1v) is 7.44. The van der Waals surface area contributed by atoms with Gasteiger partial charge in [-0.2, -0.15) is 0 Å². The zero-order valence-corrected chi connectivity index (χ0v) is 11.6. The number of aryl methyl sites for hydroxylation is 2. The molecule has 2 rings (SSSR count). The molecule has 2 nitrogen and oxygen atoms in total. The van der Waals surface area contributed by atoms with E-state index in [2.05, 4.69) is 18.2 Å². The highest BCUT2D eigenvalue weighted by Gasteiger charge is 2.18. The fourth-order valence-corrected chi connectivity index (χ4v) is 3.47. The summed E-state index contributed by atoms with van der Waals surface area (Å²) in [5.74, 6) is 2.63. The van der Waals surface area contributed by atoms with Crippen molar-refractivity contribution < 1.29 is 4.79 Å². The van der Waals surface area contributed by atoms with Gasteiger partial charge in [0.15, 0.2) is 0 Å². The van der Waals surface area contributed by atoms with Gasteiger partial charge in [0.05, 0.1) is 10.9 Å². The highest BCUT2D eigenvalue weighted by Crippen LogP contribution is 2.29. The number of hydrogen-bond acceptors (Lipinski definition) is 2. The number of carbonyl (C=O) groups is 1. The number of terminal acetylenes is 1. The predicted octanol–water partition coefficient (Wildman–Crippen LogP) is 3.16. The van der Waals surface area contributed by atoms with Gasteiger partial charge in [0.2, 0.25) is 0 Å². The molecule has 1 aliphatic carbocycles. The van der Waals surface area contributed by atoms with E-state index in [0.29, 0.717) is 0 Å². The van der Waals surface area contributed by atoms with Crippen LogP contribution in [0, 0.1) is 12.3 Å². The SMILES string of the molecule is C#CC(CCC)NC(=O)c1cc2c(s1)CCCC2. The van der Waals surface area contributed by atoms with Crippen molar-refractivity contribution in [2.75, 3.05) is 0 Å². The van der Waals surface area contributed by atoms with Crippen molar-refractivity contribution in [2.24, 2.45) is 0 Å². The molecule has 0 fully saturated rings. The predicted molar refractivity (Wildman–Crippen MR) is 76.0 cm³/mol. The van der Waals surface area contributed by atoms with E-state index in [0.717, 1.165) is 30.6 Å². The molecule has 3 heteroatoms. The van der Waals surface area contributed by atoms with Gasteiger partial charge in [0, 0.05) is 4.88 Å². The average molecular weight is 261 g/mol. The summed E-state index contributed by atoms with van der Waals surface area (Å²) in [5.41, 5.74) is 1.36. The molecule has 0 radical (unpaired) electrons. The smallest absolute Gasteiger partial charge is 0.262 e. The topological polar surface area (TPSA) is 29.1 Å². The molecule has 96 valence electrons. The molecule has 18 heavy (non-hydrogen) atoms. The van der Waals surface area contributed by atoms with Crippen molar-refractivity contribution in [3.63, 3.8) is 0 Å². The standard InChI is InChI=1S/C15H19NOS/c1-3-7-12(4-2)16-15(17)14-10-11-8-5-6-9-13(11)18-14/h2,10,12H,3,5-9H2,1H3,(H,16,17). The first kappa shape index (κ1) is 13.2. The molecule has 1 amide bonds. The van der Waals surface area contributed by atoms with Crippen LogP contribution in [-0.2, 0) is 12.8 Å². The Bertz CT molecular complexity index is 446. The zero-order chi connectivity index (χ0) is 13.0. The molecular formula is C15H19NOS. The molecule has 1 unspecified atom stereocenters. The van der Waals surface area contributed by atoms with Gasteiger partial charge < -0.3 is 5.32 Å². The number of thiophene rings is 1. The molecule has 1 aromatic rings. The second-order valence-electron chi connectivity index (χ2n) is 4.75. The molecule has 1 N–H and O–H groups in total. The van der Waals surface area contributed by atoms with Crippen molar-refractivity contribution in [2.45, 2.75) is 51.5 Å². The molecule has 1 aromatic heterocycles. The van der Waals surface area contributed by atoms with Gasteiger partial charge in [-0.05, 0) is 43.7 Å². The molecule has 0 saturated carbocycles. The summed E-state index contributed by atoms with van der Waals surface area (Å²) in [4.78, 5) is 14.3. The Kier molecular flexibility index (Phi) is 4.43. The van der Waals surface area contributed by atoms with Crippen molar-refractivity contribution in [1.82, 2.24) is 5.32 Å². The lowest BCUT2D eigenvalue weighted by atomic mass is 9.99. The Hall–Kier alpha value is -1.27. The Morgan fingerprint density at radius 3 is 3.00 bits per heavy atom. The maximum Gasteiger partial charge on any atom is 0.262 e. The summed E-state index contributed by atoms with van der Waals surface area (Å²) in [6, 6.07) is 1.91. The van der Waals surface area contributed by atoms with Crippen LogP contribution in [-0.4, -0.2) is 11.9 Å². The summed E-state index contributed by atoms with van der Waals surface area (Å²) in [5, 5.41) is 2.93. The molecular weight excluding hydrogens is 242 g/mol. The van der Waals surface area contributed by atoms with Crippen LogP contribution in [0.25, 0.3) is 0 Å². The van der Waals surface area contributed by atoms with E-state index in [-0.39, 0.29) is 11.9 Å². The Labute approximate surface area is 113 Å². The van der Waals surface area contributed by atoms with Crippen LogP contribution < -0.4 is 5.32 Å². The number of nitrogens with one attached hydrogen (secondary N) is 1. The molecule has 0 aromatic carbocycles. The van der Waals surface area contributed by atoms with Crippen LogP contribution in [0.3, 0.4) is 0 Å². The van der Waals surface area contributed by atoms with Gasteiger partial charge in [-0.25, -0.2) is 0 Å². The fourth-order valence-electron chi connectivity index (χ4n) is 2.32. The summed E-state index contributed by atoms with van der Waals surface area (Å²) in [6.07, 6.45) is 12.0. The zero-order valence-electron chi connectivity index (χ0n) is 10.8. The molecule has 0 spiro atoms. The molecule has 1 atom stereocenters. The minimum Gasteiger partial charge on any atom is -0.338 e. The summed E-state index contributed by atoms with van der Waals surface area (Å²) >= 11 is 1.63. The Balaban J connectivity index is 2.05. The molecule has 0 saturated heterocycles. The second kappa shape index (κ2) is 6.06. The maximum absolute atomic E-state index is 12.1. The van der Waals surface area contributed by atoms with Crippen LogP contribution in [0.2, 0.25) is 0 Å². The Morgan fingerprint density at radius 1 is 1.56 bits per heavy atom. The summed E-state index contributed by atoms with van der Waals surface area (Å²) < 4.78 is 0. The fraction of sp³-hybridized carbons (Fsp3) is 0.533. The third-order valence-electron chi connectivity index (χ3n) is 3.30. The van der Waals surface area contributed by atoms with E-state index in [1.807, 2.05) is 6.07 Å². The lowest BCUT2D eigenvalue weighted by Crippen LogP contribution is -2.33. The first-order valence-electron chi connectivity index (χ1n) is 6.63. The minimum absolute atomic E-state index is 0.00852. The second-order valence-corrected chi connectivity index (χ2v) is 5.88. The number of hydrogen-bond donors (Lipinski definition) is 1. The van der Waals surface area contributed by atoms with E-state index in [4.69, 9.17) is 6.42 Å². The van der Waals surface area contributed by atoms with Gasteiger partial charge in [-0.1, -0.05) is 19.3 Å². The van der Waals surface area contributed by atoms with Gasteiger partial charge in [0.25, 0.3) is 5.91 Å². The van der Waals surface area contributed by atoms with E-state index >= 15 is 0 Å². The van der Waals surface area contributed by atoms with Crippen molar-refractivity contribution in [3.05, 3.63) is 21.4 Å². The highest BCUT2D eigenvalue weighted by atomic mass is 32.1. The molecule has 1 heterocycles. The summed E-state index contributed by atoms with van der Waals surface area (Å²) in [6.45, 7) is 2.07. The lowest BCUT2D eigenvalue weighted by Gasteiger charge is -2.10. The molecule has 1 aliphatic rings. The number of rotatable bonds is 4. The number of carbonyl (C=O) groups excluding carboxylic acids is 1. The van der Waals surface area contributed by atoms with Gasteiger partial charge >= 0.3 is 0 Å². The lowest BCUT2D eigenvalue weighted by molar-refractivity contribution is 0.0948. The minimum atomic E-state index is -0.137. The highest BCUT2D eigenvalue weighted by molar-refractivity contribution is 7.14. The van der Waals surface area contributed by atoms with Crippen LogP contribution in [0.4, 0.5) is 0 Å². The van der Waals surface area contributed by atoms with Crippen molar-refractivity contribution in [3.8, 4) is 12.3 Å². The van der Waals surface area contributed by atoms with Crippen LogP contribution in [0.1, 0.15) is 52.7 Å². The van der Waals surface area contributed by atoms with Gasteiger partial charge in [-0.3, -0.25) is 4.79 Å². The normalized spacial score (nSPS) is 15.6. The quantitative estimate of drug-likeness (QED) is 0.829. The number of amides is 1. The monoisotopic (exact) mass is 261 g/mol. The van der Waals surface area contributed by atoms with Crippen LogP contribution in [0.15, 0.2) is 6.07 Å².